The van der Waals surface area contributed by atoms with Gasteiger partial charge in [0.25, 0.3) is 5.69 Å². The minimum absolute atomic E-state index is 0.0216. The number of nitrogens with one attached hydrogen (secondary N) is 1. The average molecular weight is 404 g/mol. The number of ether oxygens (including phenoxy) is 1. The maximum absolute atomic E-state index is 12.7. The number of benzene rings is 1. The molecule has 6 nitrogen and oxygen atoms in total. The normalized spacial score (nSPS) is 17.4. The molecule has 1 unspecified atom stereocenters. The average Bonchev–Trinajstić information content (AvgIpc) is 2.62. The standard InChI is InChI=1S/C21H29N2O4P/c1-12(2)28(13(3)4)20-15(6)22-14(5)18(21(24)27-7)19(20)16-9-8-10-17(11-16)23(25)26/h8-13,19,22H,1-7H3. The summed E-state index contributed by atoms with van der Waals surface area (Å²) in [6.45, 7) is 12.7. The Kier molecular flexibility index (Phi) is 7.00. The first-order valence-corrected chi connectivity index (χ1v) is 10.9. The molecule has 0 saturated heterocycles. The van der Waals surface area contributed by atoms with Gasteiger partial charge in [-0.25, -0.2) is 4.79 Å². The number of methoxy groups -OCH3 is 1. The van der Waals surface area contributed by atoms with Crippen LogP contribution >= 0.6 is 7.92 Å². The fourth-order valence-electron chi connectivity index (χ4n) is 4.00. The Bertz CT molecular complexity index is 835. The van der Waals surface area contributed by atoms with Gasteiger partial charge in [0, 0.05) is 29.4 Å². The van der Waals surface area contributed by atoms with Crippen molar-refractivity contribution in [2.75, 3.05) is 7.11 Å². The molecule has 0 fully saturated rings. The van der Waals surface area contributed by atoms with Crippen LogP contribution in [0, 0.1) is 10.1 Å². The number of nitro benzene ring substituents is 1. The Morgan fingerprint density at radius 3 is 2.29 bits per heavy atom. The van der Waals surface area contributed by atoms with Crippen molar-refractivity contribution in [3.8, 4) is 0 Å². The summed E-state index contributed by atoms with van der Waals surface area (Å²) in [6, 6.07) is 6.59. The van der Waals surface area contributed by atoms with E-state index in [1.54, 1.807) is 12.1 Å². The fourth-order valence-corrected chi connectivity index (χ4v) is 7.33. The van der Waals surface area contributed by atoms with Gasteiger partial charge < -0.3 is 10.1 Å². The molecule has 7 heteroatoms. The van der Waals surface area contributed by atoms with Crippen LogP contribution in [0.15, 0.2) is 46.5 Å². The molecule has 1 N–H and O–H groups in total. The fraction of sp³-hybridized carbons (Fsp3) is 0.476. The second-order valence-electron chi connectivity index (χ2n) is 7.55. The number of nitrogens with zero attached hydrogens (tertiary/aromatic N) is 1. The Balaban J connectivity index is 2.78. The largest absolute Gasteiger partial charge is 0.466 e. The van der Waals surface area contributed by atoms with Crippen LogP contribution in [0.25, 0.3) is 0 Å². The van der Waals surface area contributed by atoms with Gasteiger partial charge in [-0.15, -0.1) is 0 Å². The summed E-state index contributed by atoms with van der Waals surface area (Å²) in [7, 11) is 0.773. The minimum Gasteiger partial charge on any atom is -0.466 e. The molecule has 0 bridgehead atoms. The highest BCUT2D eigenvalue weighted by molar-refractivity contribution is 7.63. The smallest absolute Gasteiger partial charge is 0.336 e. The summed E-state index contributed by atoms with van der Waals surface area (Å²) in [5.74, 6) is -0.765. The summed E-state index contributed by atoms with van der Waals surface area (Å²) in [4.78, 5) is 23.7. The van der Waals surface area contributed by atoms with E-state index in [-0.39, 0.29) is 11.6 Å². The van der Waals surface area contributed by atoms with Crippen LogP contribution < -0.4 is 5.32 Å². The van der Waals surface area contributed by atoms with Gasteiger partial charge in [-0.2, -0.15) is 0 Å². The molecule has 1 aliphatic rings. The molecular formula is C21H29N2O4P. The lowest BCUT2D eigenvalue weighted by atomic mass is 9.86. The van der Waals surface area contributed by atoms with Crippen LogP contribution in [0.5, 0.6) is 0 Å². The molecule has 1 aromatic carbocycles. The van der Waals surface area contributed by atoms with E-state index in [9.17, 15) is 14.9 Å². The van der Waals surface area contributed by atoms with Gasteiger partial charge in [0.05, 0.1) is 17.6 Å². The molecule has 0 amide bonds. The maximum atomic E-state index is 12.7. The van der Waals surface area contributed by atoms with Crippen molar-refractivity contribution in [2.24, 2.45) is 0 Å². The SMILES string of the molecule is COC(=O)C1=C(C)NC(C)=C(P(C(C)C)C(C)C)C1c1cccc([N+](=O)[O-])c1. The van der Waals surface area contributed by atoms with Crippen molar-refractivity contribution in [2.45, 2.75) is 58.8 Å². The van der Waals surface area contributed by atoms with E-state index in [4.69, 9.17) is 4.74 Å². The number of hydrogen-bond acceptors (Lipinski definition) is 5. The summed E-state index contributed by atoms with van der Waals surface area (Å²) in [5, 5.41) is 15.9. The lowest BCUT2D eigenvalue weighted by Gasteiger charge is -2.39. The summed E-state index contributed by atoms with van der Waals surface area (Å²) >= 11 is 0. The second kappa shape index (κ2) is 8.87. The third-order valence-electron chi connectivity index (χ3n) is 4.94. The maximum Gasteiger partial charge on any atom is 0.336 e. The van der Waals surface area contributed by atoms with Crippen molar-refractivity contribution in [3.63, 3.8) is 0 Å². The molecule has 1 aromatic rings. The van der Waals surface area contributed by atoms with Crippen LogP contribution in [0.2, 0.25) is 0 Å². The zero-order chi connectivity index (χ0) is 21.2. The van der Waals surface area contributed by atoms with Crippen LogP contribution in [0.1, 0.15) is 53.0 Å². The number of carbonyl (C=O) groups excluding carboxylic acids is 1. The summed E-state index contributed by atoms with van der Waals surface area (Å²) in [6.07, 6.45) is 0. The lowest BCUT2D eigenvalue weighted by Crippen LogP contribution is -2.30. The molecule has 0 aromatic heterocycles. The van der Waals surface area contributed by atoms with Crippen LogP contribution in [0.4, 0.5) is 5.69 Å². The topological polar surface area (TPSA) is 81.5 Å². The van der Waals surface area contributed by atoms with Crippen molar-refractivity contribution in [1.29, 1.82) is 0 Å². The molecule has 0 spiro atoms. The van der Waals surface area contributed by atoms with E-state index < -0.39 is 18.8 Å². The molecule has 0 saturated carbocycles. The predicted octanol–water partition coefficient (Wildman–Crippen LogP) is 5.26. The first-order chi connectivity index (χ1) is 13.1. The summed E-state index contributed by atoms with van der Waals surface area (Å²) < 4.78 is 5.09. The third kappa shape index (κ3) is 4.27. The Morgan fingerprint density at radius 2 is 1.79 bits per heavy atom. The molecule has 1 aliphatic heterocycles. The van der Waals surface area contributed by atoms with E-state index >= 15 is 0 Å². The van der Waals surface area contributed by atoms with E-state index in [2.05, 4.69) is 33.0 Å². The number of dihydropyridines is 1. The van der Waals surface area contributed by atoms with Crippen molar-refractivity contribution < 1.29 is 14.5 Å². The number of carbonyl (C=O) groups is 1. The quantitative estimate of drug-likeness (QED) is 0.303. The number of non-ortho nitro benzene ring substituents is 1. The number of nitro groups is 1. The van der Waals surface area contributed by atoms with Crippen molar-refractivity contribution in [3.05, 3.63) is 62.2 Å². The molecule has 1 atom stereocenters. The van der Waals surface area contributed by atoms with Crippen molar-refractivity contribution in [1.82, 2.24) is 5.32 Å². The van der Waals surface area contributed by atoms with Crippen LogP contribution in [0.3, 0.4) is 0 Å². The van der Waals surface area contributed by atoms with Gasteiger partial charge in [0.15, 0.2) is 0 Å². The van der Waals surface area contributed by atoms with Crippen LogP contribution in [-0.4, -0.2) is 29.3 Å². The van der Waals surface area contributed by atoms with Gasteiger partial charge in [0.2, 0.25) is 0 Å². The minimum atomic E-state index is -0.594. The van der Waals surface area contributed by atoms with E-state index in [0.717, 1.165) is 22.3 Å². The van der Waals surface area contributed by atoms with Crippen LogP contribution in [-0.2, 0) is 9.53 Å². The van der Waals surface area contributed by atoms with E-state index in [1.807, 2.05) is 19.9 Å². The zero-order valence-corrected chi connectivity index (χ0v) is 18.5. The Hall–Kier alpha value is -2.20. The number of rotatable bonds is 6. The first-order valence-electron chi connectivity index (χ1n) is 9.39. The molecule has 2 rings (SSSR count). The first kappa shape index (κ1) is 22.1. The molecule has 152 valence electrons. The zero-order valence-electron chi connectivity index (χ0n) is 17.6. The molecule has 1 heterocycles. The molecular weight excluding hydrogens is 375 g/mol. The summed E-state index contributed by atoms with van der Waals surface area (Å²) in [5.41, 5.74) is 3.85. The lowest BCUT2D eigenvalue weighted by molar-refractivity contribution is -0.384. The second-order valence-corrected chi connectivity index (χ2v) is 10.9. The Morgan fingerprint density at radius 1 is 1.18 bits per heavy atom. The van der Waals surface area contributed by atoms with Crippen molar-refractivity contribution >= 4 is 19.6 Å². The van der Waals surface area contributed by atoms with Gasteiger partial charge >= 0.3 is 5.97 Å². The van der Waals surface area contributed by atoms with Gasteiger partial charge in [-0.05, 0) is 36.0 Å². The highest BCUT2D eigenvalue weighted by Crippen LogP contribution is 2.61. The number of esters is 1. The molecule has 0 radical (unpaired) electrons. The molecule has 28 heavy (non-hydrogen) atoms. The van der Waals surface area contributed by atoms with E-state index in [1.165, 1.54) is 13.2 Å². The third-order valence-corrected chi connectivity index (χ3v) is 8.31. The molecule has 0 aliphatic carbocycles. The highest BCUT2D eigenvalue weighted by Gasteiger charge is 2.39. The highest BCUT2D eigenvalue weighted by atomic mass is 31.1. The van der Waals surface area contributed by atoms with Gasteiger partial charge in [-0.3, -0.25) is 10.1 Å². The van der Waals surface area contributed by atoms with Gasteiger partial charge in [-0.1, -0.05) is 47.7 Å². The number of allylic oxidation sites excluding steroid dienone is 3. The Labute approximate surface area is 167 Å². The predicted molar refractivity (Wildman–Crippen MR) is 114 cm³/mol. The van der Waals surface area contributed by atoms with Gasteiger partial charge in [0.1, 0.15) is 0 Å². The number of hydrogen-bond donors (Lipinski definition) is 1. The van der Waals surface area contributed by atoms with E-state index in [0.29, 0.717) is 16.9 Å². The monoisotopic (exact) mass is 404 g/mol.